The fourth-order valence-corrected chi connectivity index (χ4v) is 4.55. The van der Waals surface area contributed by atoms with Gasteiger partial charge in [-0.25, -0.2) is 0 Å². The lowest BCUT2D eigenvalue weighted by Gasteiger charge is -2.32. The Balaban J connectivity index is 4.13. The monoisotopic (exact) mass is 394 g/mol. The van der Waals surface area contributed by atoms with Crippen LogP contribution in [0.1, 0.15) is 52.9 Å². The van der Waals surface area contributed by atoms with Gasteiger partial charge in [0, 0.05) is 52.6 Å². The fraction of sp³-hybridized carbons (Fsp3) is 1.00. The summed E-state index contributed by atoms with van der Waals surface area (Å²) in [5.41, 5.74) is -0.0462. The molecule has 0 aliphatic rings. The molecule has 0 saturated carbocycles. The summed E-state index contributed by atoms with van der Waals surface area (Å²) >= 11 is 0. The van der Waals surface area contributed by atoms with Crippen molar-refractivity contribution in [3.05, 3.63) is 0 Å². The fourth-order valence-electron chi connectivity index (χ4n) is 2.75. The molecule has 0 aliphatic carbocycles. The van der Waals surface area contributed by atoms with Crippen LogP contribution in [0.4, 0.5) is 0 Å². The summed E-state index contributed by atoms with van der Waals surface area (Å²) in [6.07, 6.45) is 5.13. The Morgan fingerprint density at radius 2 is 1.27 bits per heavy atom. The van der Waals surface area contributed by atoms with E-state index in [-0.39, 0.29) is 5.41 Å². The summed E-state index contributed by atoms with van der Waals surface area (Å²) in [5, 5.41) is 0. The van der Waals surface area contributed by atoms with Crippen LogP contribution in [0.25, 0.3) is 0 Å². The molecule has 0 rings (SSSR count). The second kappa shape index (κ2) is 16.0. The highest BCUT2D eigenvalue weighted by molar-refractivity contribution is 6.60. The van der Waals surface area contributed by atoms with Gasteiger partial charge in [-0.2, -0.15) is 0 Å². The van der Waals surface area contributed by atoms with Crippen LogP contribution in [0.2, 0.25) is 6.04 Å². The van der Waals surface area contributed by atoms with E-state index in [1.165, 1.54) is 0 Å². The molecule has 0 aromatic heterocycles. The second-order valence-corrected chi connectivity index (χ2v) is 9.79. The van der Waals surface area contributed by atoms with E-state index >= 15 is 0 Å². The minimum atomic E-state index is -2.43. The van der Waals surface area contributed by atoms with Crippen LogP contribution in [0, 0.1) is 5.41 Å². The van der Waals surface area contributed by atoms with E-state index < -0.39 is 8.80 Å². The lowest BCUT2D eigenvalue weighted by molar-refractivity contribution is -0.0700. The summed E-state index contributed by atoms with van der Waals surface area (Å²) in [4.78, 5) is 0. The molecule has 0 amide bonds. The molecule has 0 heterocycles. The third-order valence-corrected chi connectivity index (χ3v) is 7.56. The van der Waals surface area contributed by atoms with Gasteiger partial charge in [-0.3, -0.25) is 0 Å². The first-order chi connectivity index (χ1) is 12.6. The Kier molecular flexibility index (Phi) is 16.0. The molecule has 0 bridgehead atoms. The van der Waals surface area contributed by atoms with Gasteiger partial charge in [0.2, 0.25) is 0 Å². The van der Waals surface area contributed by atoms with Crippen molar-refractivity contribution in [1.82, 2.24) is 0 Å². The van der Waals surface area contributed by atoms with Gasteiger partial charge in [0.25, 0.3) is 0 Å². The number of rotatable bonds is 19. The Morgan fingerprint density at radius 3 is 1.77 bits per heavy atom. The zero-order valence-electron chi connectivity index (χ0n) is 17.9. The van der Waals surface area contributed by atoms with Crippen LogP contribution in [0.15, 0.2) is 0 Å². The van der Waals surface area contributed by atoms with E-state index in [1.807, 2.05) is 6.92 Å². The van der Waals surface area contributed by atoms with Gasteiger partial charge in [0.05, 0.1) is 19.8 Å². The molecule has 0 fully saturated rings. The van der Waals surface area contributed by atoms with Crippen LogP contribution < -0.4 is 0 Å². The third-order valence-electron chi connectivity index (χ3n) is 4.73. The van der Waals surface area contributed by atoms with Gasteiger partial charge >= 0.3 is 8.80 Å². The molecule has 0 aromatic rings. The van der Waals surface area contributed by atoms with Gasteiger partial charge in [-0.15, -0.1) is 0 Å². The number of ether oxygens (including phenoxy) is 3. The largest absolute Gasteiger partial charge is 0.500 e. The highest BCUT2D eigenvalue weighted by atomic mass is 28.4. The van der Waals surface area contributed by atoms with Gasteiger partial charge in [-0.1, -0.05) is 20.3 Å². The molecule has 0 aliphatic heterocycles. The molecule has 0 saturated heterocycles. The summed E-state index contributed by atoms with van der Waals surface area (Å²) in [6.45, 7) is 10.7. The molecule has 0 aromatic carbocycles. The molecular formula is C19H42O6Si. The Labute approximate surface area is 162 Å². The maximum atomic E-state index is 5.99. The van der Waals surface area contributed by atoms with Crippen molar-refractivity contribution < 1.29 is 27.5 Å². The molecule has 26 heavy (non-hydrogen) atoms. The molecule has 0 spiro atoms. The SMILES string of the molecule is CCCOCC(CC)(COCC)COCCCCC[Si](OC)(OC)OC. The first-order valence-electron chi connectivity index (χ1n) is 9.96. The maximum absolute atomic E-state index is 5.99. The second-order valence-electron chi connectivity index (χ2n) is 6.70. The molecule has 1 atom stereocenters. The number of hydrogen-bond acceptors (Lipinski definition) is 6. The minimum absolute atomic E-state index is 0.0462. The van der Waals surface area contributed by atoms with Crippen molar-refractivity contribution in [3.63, 3.8) is 0 Å². The summed E-state index contributed by atoms with van der Waals surface area (Å²) < 4.78 is 33.8. The molecule has 158 valence electrons. The quantitative estimate of drug-likeness (QED) is 0.245. The van der Waals surface area contributed by atoms with Crippen molar-refractivity contribution in [1.29, 1.82) is 0 Å². The summed E-state index contributed by atoms with van der Waals surface area (Å²) in [6, 6.07) is 0.838. The first-order valence-corrected chi connectivity index (χ1v) is 11.9. The molecule has 7 heteroatoms. The van der Waals surface area contributed by atoms with Crippen LogP contribution in [0.3, 0.4) is 0 Å². The first kappa shape index (κ1) is 26.0. The Hall–Kier alpha value is -0.0231. The smallest absolute Gasteiger partial charge is 0.381 e. The van der Waals surface area contributed by atoms with Crippen LogP contribution in [0.5, 0.6) is 0 Å². The third kappa shape index (κ3) is 10.3. The molecule has 0 N–H and O–H groups in total. The molecule has 1 unspecified atom stereocenters. The van der Waals surface area contributed by atoms with E-state index in [0.29, 0.717) is 19.8 Å². The van der Waals surface area contributed by atoms with E-state index in [0.717, 1.165) is 58.0 Å². The highest BCUT2D eigenvalue weighted by Gasteiger charge is 2.36. The lowest BCUT2D eigenvalue weighted by Crippen LogP contribution is -2.42. The van der Waals surface area contributed by atoms with E-state index in [4.69, 9.17) is 27.5 Å². The van der Waals surface area contributed by atoms with Crippen molar-refractivity contribution >= 4 is 8.80 Å². The Morgan fingerprint density at radius 1 is 0.692 bits per heavy atom. The van der Waals surface area contributed by atoms with Gasteiger partial charge in [-0.05, 0) is 32.6 Å². The summed E-state index contributed by atoms with van der Waals surface area (Å²) in [7, 11) is 2.55. The molecular weight excluding hydrogens is 352 g/mol. The van der Waals surface area contributed by atoms with Gasteiger partial charge in [0.1, 0.15) is 0 Å². The average Bonchev–Trinajstić information content (AvgIpc) is 2.68. The van der Waals surface area contributed by atoms with E-state index in [2.05, 4.69) is 13.8 Å². The standard InChI is InChI=1S/C19H42O6Si/c1-7-13-24-17-19(8-2,16-23-9-3)18-25-14-11-10-12-15-26(20-4,21-5)22-6/h7-18H2,1-6H3. The minimum Gasteiger partial charge on any atom is -0.381 e. The molecule has 0 radical (unpaired) electrons. The van der Waals surface area contributed by atoms with Crippen molar-refractivity contribution in [3.8, 4) is 0 Å². The van der Waals surface area contributed by atoms with Crippen LogP contribution >= 0.6 is 0 Å². The lowest BCUT2D eigenvalue weighted by atomic mass is 9.88. The van der Waals surface area contributed by atoms with E-state index in [9.17, 15) is 0 Å². The van der Waals surface area contributed by atoms with Gasteiger partial charge in [0.15, 0.2) is 0 Å². The summed E-state index contributed by atoms with van der Waals surface area (Å²) in [5.74, 6) is 0. The zero-order chi connectivity index (χ0) is 19.7. The van der Waals surface area contributed by atoms with Crippen molar-refractivity contribution in [2.45, 2.75) is 58.9 Å². The predicted octanol–water partition coefficient (Wildman–Crippen LogP) is 3.91. The van der Waals surface area contributed by atoms with Crippen molar-refractivity contribution in [2.24, 2.45) is 5.41 Å². The van der Waals surface area contributed by atoms with Crippen molar-refractivity contribution in [2.75, 3.05) is 61.0 Å². The zero-order valence-corrected chi connectivity index (χ0v) is 18.9. The van der Waals surface area contributed by atoms with Crippen LogP contribution in [-0.2, 0) is 27.5 Å². The number of unbranched alkanes of at least 4 members (excludes halogenated alkanes) is 2. The van der Waals surface area contributed by atoms with Gasteiger partial charge < -0.3 is 27.5 Å². The topological polar surface area (TPSA) is 55.4 Å². The molecule has 6 nitrogen and oxygen atoms in total. The van der Waals surface area contributed by atoms with E-state index in [1.54, 1.807) is 21.3 Å². The average molecular weight is 395 g/mol. The normalized spacial score (nSPS) is 14.5. The Bertz CT molecular complexity index is 306. The maximum Gasteiger partial charge on any atom is 0.500 e. The highest BCUT2D eigenvalue weighted by Crippen LogP contribution is 2.24. The number of hydrogen-bond donors (Lipinski definition) is 0. The predicted molar refractivity (Wildman–Crippen MR) is 107 cm³/mol. The van der Waals surface area contributed by atoms with Crippen LogP contribution in [-0.4, -0.2) is 69.8 Å².